The molecule has 0 atom stereocenters. The minimum atomic E-state index is 0.185. The highest BCUT2D eigenvalue weighted by Crippen LogP contribution is 2.22. The van der Waals surface area contributed by atoms with Gasteiger partial charge in [0.2, 0.25) is 0 Å². The Labute approximate surface area is 98.1 Å². The SMILES string of the molecule is CC(C)(C)N1CNC=C1CN1C=CC=CC1. The third-order valence-electron chi connectivity index (χ3n) is 2.92. The van der Waals surface area contributed by atoms with Crippen molar-refractivity contribution in [2.24, 2.45) is 0 Å². The molecule has 0 aliphatic carbocycles. The molecule has 0 unspecified atom stereocenters. The topological polar surface area (TPSA) is 18.5 Å². The van der Waals surface area contributed by atoms with Gasteiger partial charge in [-0.1, -0.05) is 12.2 Å². The lowest BCUT2D eigenvalue weighted by Gasteiger charge is -2.37. The van der Waals surface area contributed by atoms with E-state index in [0.717, 1.165) is 19.8 Å². The van der Waals surface area contributed by atoms with Crippen LogP contribution in [0.3, 0.4) is 0 Å². The molecule has 0 aromatic heterocycles. The van der Waals surface area contributed by atoms with Gasteiger partial charge in [-0.2, -0.15) is 0 Å². The Balaban J connectivity index is 1.99. The number of allylic oxidation sites excluding steroid dienone is 2. The zero-order valence-electron chi connectivity index (χ0n) is 10.4. The van der Waals surface area contributed by atoms with Crippen LogP contribution >= 0.6 is 0 Å². The first-order valence-corrected chi connectivity index (χ1v) is 5.85. The standard InChI is InChI=1S/C13H21N3/c1-13(2,3)16-11-14-9-12(16)10-15-7-5-4-6-8-15/h4-7,9,14H,8,10-11H2,1-3H3. The van der Waals surface area contributed by atoms with Gasteiger partial charge >= 0.3 is 0 Å². The molecule has 0 amide bonds. The number of hydrogen-bond acceptors (Lipinski definition) is 3. The van der Waals surface area contributed by atoms with Crippen LogP contribution in [-0.2, 0) is 0 Å². The van der Waals surface area contributed by atoms with E-state index in [1.54, 1.807) is 0 Å². The molecule has 0 saturated heterocycles. The molecule has 16 heavy (non-hydrogen) atoms. The second-order valence-corrected chi connectivity index (χ2v) is 5.30. The summed E-state index contributed by atoms with van der Waals surface area (Å²) >= 11 is 0. The van der Waals surface area contributed by atoms with E-state index in [1.807, 2.05) is 0 Å². The zero-order valence-corrected chi connectivity index (χ0v) is 10.4. The van der Waals surface area contributed by atoms with E-state index < -0.39 is 0 Å². The summed E-state index contributed by atoms with van der Waals surface area (Å²) in [4.78, 5) is 4.73. The van der Waals surface area contributed by atoms with Gasteiger partial charge in [-0.15, -0.1) is 0 Å². The molecular formula is C13H21N3. The van der Waals surface area contributed by atoms with E-state index in [2.05, 4.69) is 66.5 Å². The van der Waals surface area contributed by atoms with Crippen molar-refractivity contribution >= 4 is 0 Å². The Morgan fingerprint density at radius 1 is 1.31 bits per heavy atom. The predicted molar refractivity (Wildman–Crippen MR) is 67.5 cm³/mol. The maximum atomic E-state index is 3.31. The molecular weight excluding hydrogens is 198 g/mol. The highest BCUT2D eigenvalue weighted by molar-refractivity contribution is 5.15. The summed E-state index contributed by atoms with van der Waals surface area (Å²) in [5.74, 6) is 0. The van der Waals surface area contributed by atoms with Crippen molar-refractivity contribution in [3.63, 3.8) is 0 Å². The van der Waals surface area contributed by atoms with Gasteiger partial charge in [-0.25, -0.2) is 0 Å². The van der Waals surface area contributed by atoms with Gasteiger partial charge in [0.25, 0.3) is 0 Å². The molecule has 2 rings (SSSR count). The van der Waals surface area contributed by atoms with Gasteiger partial charge in [0.05, 0.1) is 18.9 Å². The first kappa shape index (κ1) is 11.1. The zero-order chi connectivity index (χ0) is 11.6. The van der Waals surface area contributed by atoms with Gasteiger partial charge in [0, 0.05) is 18.3 Å². The monoisotopic (exact) mass is 219 g/mol. The van der Waals surface area contributed by atoms with E-state index in [1.165, 1.54) is 5.70 Å². The summed E-state index contributed by atoms with van der Waals surface area (Å²) in [6.07, 6.45) is 10.7. The van der Waals surface area contributed by atoms with Crippen LogP contribution in [0, 0.1) is 0 Å². The Kier molecular flexibility index (Phi) is 2.95. The van der Waals surface area contributed by atoms with Crippen molar-refractivity contribution in [3.05, 3.63) is 36.3 Å². The molecule has 0 spiro atoms. The number of hydrogen-bond donors (Lipinski definition) is 1. The van der Waals surface area contributed by atoms with Crippen LogP contribution in [0.5, 0.6) is 0 Å². The normalized spacial score (nSPS) is 20.1. The second-order valence-electron chi connectivity index (χ2n) is 5.30. The van der Waals surface area contributed by atoms with E-state index in [0.29, 0.717) is 0 Å². The van der Waals surface area contributed by atoms with Crippen LogP contribution < -0.4 is 5.32 Å². The van der Waals surface area contributed by atoms with Crippen LogP contribution in [-0.4, -0.2) is 35.1 Å². The van der Waals surface area contributed by atoms with Crippen molar-refractivity contribution in [2.75, 3.05) is 19.8 Å². The average Bonchev–Trinajstić information content (AvgIpc) is 2.67. The van der Waals surface area contributed by atoms with E-state index in [9.17, 15) is 0 Å². The highest BCUT2D eigenvalue weighted by atomic mass is 15.3. The van der Waals surface area contributed by atoms with Gasteiger partial charge in [0.1, 0.15) is 0 Å². The third-order valence-corrected chi connectivity index (χ3v) is 2.92. The fourth-order valence-corrected chi connectivity index (χ4v) is 2.07. The largest absolute Gasteiger partial charge is 0.372 e. The van der Waals surface area contributed by atoms with Crippen LogP contribution in [0.4, 0.5) is 0 Å². The van der Waals surface area contributed by atoms with Crippen LogP contribution in [0.25, 0.3) is 0 Å². The fraction of sp³-hybridized carbons (Fsp3) is 0.538. The summed E-state index contributed by atoms with van der Waals surface area (Å²) in [6, 6.07) is 0. The van der Waals surface area contributed by atoms with E-state index in [-0.39, 0.29) is 5.54 Å². The van der Waals surface area contributed by atoms with Crippen molar-refractivity contribution in [2.45, 2.75) is 26.3 Å². The molecule has 88 valence electrons. The molecule has 0 radical (unpaired) electrons. The summed E-state index contributed by atoms with van der Waals surface area (Å²) < 4.78 is 0. The first-order valence-electron chi connectivity index (χ1n) is 5.85. The molecule has 0 fully saturated rings. The summed E-state index contributed by atoms with van der Waals surface area (Å²) in [7, 11) is 0. The fourth-order valence-electron chi connectivity index (χ4n) is 2.07. The molecule has 0 bridgehead atoms. The number of nitrogens with one attached hydrogen (secondary N) is 1. The highest BCUT2D eigenvalue weighted by Gasteiger charge is 2.26. The molecule has 2 aliphatic rings. The predicted octanol–water partition coefficient (Wildman–Crippen LogP) is 1.87. The van der Waals surface area contributed by atoms with Crippen molar-refractivity contribution in [3.8, 4) is 0 Å². The lowest BCUT2D eigenvalue weighted by atomic mass is 10.1. The van der Waals surface area contributed by atoms with Crippen molar-refractivity contribution in [1.29, 1.82) is 0 Å². The van der Waals surface area contributed by atoms with Crippen LogP contribution in [0.2, 0.25) is 0 Å². The van der Waals surface area contributed by atoms with Crippen molar-refractivity contribution < 1.29 is 0 Å². The van der Waals surface area contributed by atoms with Crippen LogP contribution in [0.1, 0.15) is 20.8 Å². The Bertz CT molecular complexity index is 334. The van der Waals surface area contributed by atoms with Gasteiger partial charge in [0.15, 0.2) is 0 Å². The maximum absolute atomic E-state index is 3.31. The molecule has 3 nitrogen and oxygen atoms in total. The molecule has 2 heterocycles. The Morgan fingerprint density at radius 3 is 2.75 bits per heavy atom. The average molecular weight is 219 g/mol. The summed E-state index contributed by atoms with van der Waals surface area (Å²) in [5, 5.41) is 3.31. The van der Waals surface area contributed by atoms with Crippen LogP contribution in [0.15, 0.2) is 36.3 Å². The lowest BCUT2D eigenvalue weighted by molar-refractivity contribution is 0.183. The smallest absolute Gasteiger partial charge is 0.0875 e. The van der Waals surface area contributed by atoms with E-state index in [4.69, 9.17) is 0 Å². The molecule has 0 aromatic rings. The minimum absolute atomic E-state index is 0.185. The second kappa shape index (κ2) is 4.24. The quantitative estimate of drug-likeness (QED) is 0.765. The summed E-state index contributed by atoms with van der Waals surface area (Å²) in [6.45, 7) is 9.66. The minimum Gasteiger partial charge on any atom is -0.372 e. The Hall–Kier alpha value is -1.38. The van der Waals surface area contributed by atoms with E-state index >= 15 is 0 Å². The molecule has 0 saturated carbocycles. The lowest BCUT2D eigenvalue weighted by Crippen LogP contribution is -2.42. The molecule has 2 aliphatic heterocycles. The van der Waals surface area contributed by atoms with Gasteiger partial charge < -0.3 is 15.1 Å². The molecule has 1 N–H and O–H groups in total. The van der Waals surface area contributed by atoms with Crippen molar-refractivity contribution in [1.82, 2.24) is 15.1 Å². The maximum Gasteiger partial charge on any atom is 0.0875 e. The Morgan fingerprint density at radius 2 is 2.12 bits per heavy atom. The third kappa shape index (κ3) is 2.40. The number of rotatable bonds is 2. The molecule has 0 aromatic carbocycles. The number of nitrogens with zero attached hydrogens (tertiary/aromatic N) is 2. The first-order chi connectivity index (χ1) is 7.57. The molecule has 3 heteroatoms. The summed E-state index contributed by atoms with van der Waals surface area (Å²) in [5.41, 5.74) is 1.55. The van der Waals surface area contributed by atoms with Gasteiger partial charge in [-0.3, -0.25) is 0 Å². The van der Waals surface area contributed by atoms with Gasteiger partial charge in [-0.05, 0) is 33.0 Å².